The highest BCUT2D eigenvalue weighted by Crippen LogP contribution is 2.50. The van der Waals surface area contributed by atoms with E-state index in [1.165, 1.54) is 11.8 Å². The normalized spacial score (nSPS) is 19.0. The van der Waals surface area contributed by atoms with Crippen molar-refractivity contribution in [3.8, 4) is 11.5 Å². The number of carbonyl (C=O) groups excluding carboxylic acids is 1. The smallest absolute Gasteiger partial charge is 0.328 e. The molecule has 1 aliphatic rings. The quantitative estimate of drug-likeness (QED) is 0.240. The summed E-state index contributed by atoms with van der Waals surface area (Å²) in [6.07, 6.45) is 4.66. The summed E-state index contributed by atoms with van der Waals surface area (Å²) >= 11 is 1.52. The lowest BCUT2D eigenvalue weighted by molar-refractivity contribution is -0.153. The van der Waals surface area contributed by atoms with E-state index in [2.05, 4.69) is 0 Å². The maximum atomic E-state index is 14.1. The number of amides is 1. The van der Waals surface area contributed by atoms with Gasteiger partial charge in [0.25, 0.3) is 0 Å². The molecule has 0 aliphatic carbocycles. The lowest BCUT2D eigenvalue weighted by atomic mass is 9.80. The van der Waals surface area contributed by atoms with Crippen molar-refractivity contribution in [2.24, 2.45) is 0 Å². The Balaban J connectivity index is 1.70. The molecule has 0 saturated carbocycles. The van der Waals surface area contributed by atoms with Gasteiger partial charge in [0.2, 0.25) is 5.91 Å². The average Bonchev–Trinajstić information content (AvgIpc) is 2.94. The molecule has 0 spiro atoms. The van der Waals surface area contributed by atoms with Gasteiger partial charge in [0.15, 0.2) is 0 Å². The summed E-state index contributed by atoms with van der Waals surface area (Å²) in [5.41, 5.74) is 2.14. The maximum absolute atomic E-state index is 14.1. The summed E-state index contributed by atoms with van der Waals surface area (Å²) in [5.74, 6) is 0.542. The number of carboxylic acids is 1. The third kappa shape index (κ3) is 5.89. The molecule has 1 fully saturated rings. The molecule has 38 heavy (non-hydrogen) atoms. The van der Waals surface area contributed by atoms with Gasteiger partial charge in [-0.1, -0.05) is 55.5 Å². The number of rotatable bonds is 12. The van der Waals surface area contributed by atoms with Crippen LogP contribution in [0.25, 0.3) is 0 Å². The maximum Gasteiger partial charge on any atom is 0.328 e. The van der Waals surface area contributed by atoms with Gasteiger partial charge in [-0.05, 0) is 66.8 Å². The van der Waals surface area contributed by atoms with E-state index in [0.29, 0.717) is 19.3 Å². The Hall–Kier alpha value is -3.71. The highest BCUT2D eigenvalue weighted by Gasteiger charge is 2.60. The zero-order valence-electron chi connectivity index (χ0n) is 21.9. The van der Waals surface area contributed by atoms with Crippen molar-refractivity contribution in [1.29, 1.82) is 0 Å². The van der Waals surface area contributed by atoms with Crippen LogP contribution in [-0.4, -0.2) is 52.9 Å². The second-order valence-electron chi connectivity index (χ2n) is 9.27. The average molecular weight is 532 g/mol. The minimum atomic E-state index is -1.03. The molecule has 3 aromatic rings. The van der Waals surface area contributed by atoms with Gasteiger partial charge in [-0.25, -0.2) is 4.79 Å². The van der Waals surface area contributed by atoms with Crippen molar-refractivity contribution in [3.63, 3.8) is 0 Å². The fourth-order valence-electron chi connectivity index (χ4n) is 5.02. The van der Waals surface area contributed by atoms with E-state index in [1.54, 1.807) is 20.3 Å². The number of ether oxygens (including phenoxy) is 2. The van der Waals surface area contributed by atoms with E-state index in [-0.39, 0.29) is 18.0 Å². The van der Waals surface area contributed by atoms with Crippen molar-refractivity contribution in [1.82, 2.24) is 4.90 Å². The minimum absolute atomic E-state index is 0.0286. The molecule has 1 aliphatic heterocycles. The molecule has 6 nitrogen and oxygen atoms in total. The van der Waals surface area contributed by atoms with Gasteiger partial charge in [-0.2, -0.15) is 0 Å². The number of methoxy groups -OCH3 is 2. The summed E-state index contributed by atoms with van der Waals surface area (Å²) in [6.45, 7) is 1.99. The van der Waals surface area contributed by atoms with E-state index in [9.17, 15) is 14.7 Å². The van der Waals surface area contributed by atoms with Gasteiger partial charge in [0.05, 0.1) is 20.3 Å². The van der Waals surface area contributed by atoms with Crippen molar-refractivity contribution < 1.29 is 24.2 Å². The zero-order valence-corrected chi connectivity index (χ0v) is 22.7. The van der Waals surface area contributed by atoms with Crippen molar-refractivity contribution in [2.45, 2.75) is 47.9 Å². The lowest BCUT2D eigenvalue weighted by Crippen LogP contribution is -2.74. The number of benzene rings is 3. The Morgan fingerprint density at radius 1 is 0.947 bits per heavy atom. The highest BCUT2D eigenvalue weighted by atomic mass is 32.2. The number of carboxylic acid groups (broad SMARTS) is 1. The molecule has 0 radical (unpaired) electrons. The lowest BCUT2D eigenvalue weighted by Gasteiger charge is -2.57. The molecule has 0 bridgehead atoms. The van der Waals surface area contributed by atoms with Gasteiger partial charge in [0.1, 0.15) is 16.2 Å². The van der Waals surface area contributed by atoms with Crippen LogP contribution >= 0.6 is 11.8 Å². The van der Waals surface area contributed by atoms with Gasteiger partial charge in [-0.3, -0.25) is 4.79 Å². The fourth-order valence-corrected chi connectivity index (χ4v) is 6.38. The van der Waals surface area contributed by atoms with Gasteiger partial charge < -0.3 is 19.5 Å². The van der Waals surface area contributed by atoms with E-state index in [1.807, 2.05) is 90.7 Å². The summed E-state index contributed by atoms with van der Waals surface area (Å²) in [7, 11) is 3.27. The Kier molecular flexibility index (Phi) is 8.79. The Bertz CT molecular complexity index is 1210. The van der Waals surface area contributed by atoms with Gasteiger partial charge in [0, 0.05) is 17.0 Å². The van der Waals surface area contributed by atoms with Crippen LogP contribution in [0.5, 0.6) is 11.5 Å². The number of thioether (sulfide) groups is 1. The summed E-state index contributed by atoms with van der Waals surface area (Å²) in [5, 5.41) is 9.45. The molecule has 2 unspecified atom stereocenters. The van der Waals surface area contributed by atoms with Crippen LogP contribution in [0.4, 0.5) is 0 Å². The van der Waals surface area contributed by atoms with Crippen LogP contribution < -0.4 is 9.47 Å². The molecule has 1 amide bonds. The molecule has 198 valence electrons. The standard InChI is InChI=1S/C31H33NO5S/c1-4-31(38-27-8-6-5-7-9-27)28(18-19-29(33)34)32(30(31)35)24(20-22-10-14-25(36-2)15-11-22)21-23-12-16-26(37-3)17-13-23/h5-19,24,28H,4,20-21H2,1-3H3,(H,33,34). The highest BCUT2D eigenvalue weighted by molar-refractivity contribution is 8.01. The monoisotopic (exact) mass is 531 g/mol. The second kappa shape index (κ2) is 12.2. The number of likely N-dealkylation sites (tertiary alicyclic amines) is 1. The molecule has 0 aromatic heterocycles. The Morgan fingerprint density at radius 2 is 1.47 bits per heavy atom. The predicted molar refractivity (Wildman–Crippen MR) is 150 cm³/mol. The first-order chi connectivity index (χ1) is 18.4. The molecular weight excluding hydrogens is 498 g/mol. The summed E-state index contributed by atoms with van der Waals surface area (Å²) < 4.78 is 9.86. The topological polar surface area (TPSA) is 76.1 Å². The number of hydrogen-bond acceptors (Lipinski definition) is 5. The first-order valence-electron chi connectivity index (χ1n) is 12.6. The summed E-state index contributed by atoms with van der Waals surface area (Å²) in [6, 6.07) is 25.0. The van der Waals surface area contributed by atoms with Crippen LogP contribution in [0.15, 0.2) is 95.9 Å². The number of carbonyl (C=O) groups is 2. The van der Waals surface area contributed by atoms with Crippen molar-refractivity contribution in [3.05, 3.63) is 102 Å². The predicted octanol–water partition coefficient (Wildman–Crippen LogP) is 5.65. The minimum Gasteiger partial charge on any atom is -0.497 e. The molecule has 7 heteroatoms. The SMILES string of the molecule is CCC1(Sc2ccccc2)C(=O)N(C(Cc2ccc(OC)cc2)Cc2ccc(OC)cc2)C1C=CC(=O)O. The number of β-lactam (4-membered cyclic amide) rings is 1. The number of hydrogen-bond donors (Lipinski definition) is 1. The van der Waals surface area contributed by atoms with E-state index >= 15 is 0 Å². The molecule has 2 atom stereocenters. The van der Waals surface area contributed by atoms with E-state index < -0.39 is 10.7 Å². The first-order valence-corrected chi connectivity index (χ1v) is 13.5. The van der Waals surface area contributed by atoms with E-state index in [0.717, 1.165) is 33.6 Å². The molecule has 3 aromatic carbocycles. The molecule has 1 saturated heterocycles. The van der Waals surface area contributed by atoms with Crippen LogP contribution in [0.2, 0.25) is 0 Å². The van der Waals surface area contributed by atoms with Crippen LogP contribution in [0.1, 0.15) is 24.5 Å². The first kappa shape index (κ1) is 27.3. The zero-order chi connectivity index (χ0) is 27.1. The number of nitrogens with zero attached hydrogens (tertiary/aromatic N) is 1. The Labute approximate surface area is 228 Å². The Morgan fingerprint density at radius 3 is 1.92 bits per heavy atom. The van der Waals surface area contributed by atoms with Crippen LogP contribution in [0, 0.1) is 0 Å². The van der Waals surface area contributed by atoms with Gasteiger partial charge >= 0.3 is 5.97 Å². The third-order valence-corrected chi connectivity index (χ3v) is 8.59. The molecule has 4 rings (SSSR count). The second-order valence-corrected chi connectivity index (χ2v) is 10.7. The molecule has 1 N–H and O–H groups in total. The van der Waals surface area contributed by atoms with Crippen molar-refractivity contribution >= 4 is 23.6 Å². The number of aliphatic carboxylic acids is 1. The fraction of sp³-hybridized carbons (Fsp3) is 0.290. The summed E-state index contributed by atoms with van der Waals surface area (Å²) in [4.78, 5) is 28.5. The third-order valence-electron chi connectivity index (χ3n) is 7.02. The largest absolute Gasteiger partial charge is 0.497 e. The van der Waals surface area contributed by atoms with Crippen LogP contribution in [-0.2, 0) is 22.4 Å². The molecule has 1 heterocycles. The van der Waals surface area contributed by atoms with Crippen LogP contribution in [0.3, 0.4) is 0 Å². The van der Waals surface area contributed by atoms with E-state index in [4.69, 9.17) is 9.47 Å². The molecular formula is C31H33NO5S. The van der Waals surface area contributed by atoms with Gasteiger partial charge in [-0.15, -0.1) is 11.8 Å². The van der Waals surface area contributed by atoms with Crippen molar-refractivity contribution in [2.75, 3.05) is 14.2 Å².